The molecule has 342 valence electrons. The van der Waals surface area contributed by atoms with Gasteiger partial charge in [0.1, 0.15) is 31.0 Å². The highest BCUT2D eigenvalue weighted by Gasteiger charge is 2.44. The Hall–Kier alpha value is -2.34. The number of allylic oxidation sites excluding steroid dienone is 8. The summed E-state index contributed by atoms with van der Waals surface area (Å²) >= 11 is 0. The van der Waals surface area contributed by atoms with Crippen molar-refractivity contribution in [1.29, 1.82) is 0 Å². The molecule has 1 aliphatic heterocycles. The van der Waals surface area contributed by atoms with Gasteiger partial charge in [-0.2, -0.15) is 0 Å². The number of carbonyl (C=O) groups is 2. The lowest BCUT2D eigenvalue weighted by molar-refractivity contribution is -0.305. The number of carbonyl (C=O) groups excluding carboxylic acids is 2. The van der Waals surface area contributed by atoms with E-state index in [2.05, 4.69) is 62.5 Å². The molecule has 1 heterocycles. The van der Waals surface area contributed by atoms with Gasteiger partial charge < -0.3 is 39.4 Å². The molecule has 0 saturated carbocycles. The monoisotopic (exact) mass is 835 g/mol. The molecule has 6 atom stereocenters. The van der Waals surface area contributed by atoms with E-state index in [0.29, 0.717) is 12.8 Å². The first-order valence-corrected chi connectivity index (χ1v) is 23.7. The number of aliphatic hydroxyl groups is 4. The van der Waals surface area contributed by atoms with Crippen LogP contribution in [0, 0.1) is 0 Å². The Morgan fingerprint density at radius 1 is 0.525 bits per heavy atom. The van der Waals surface area contributed by atoms with Crippen molar-refractivity contribution < 1.29 is 49.0 Å². The molecule has 0 aromatic heterocycles. The van der Waals surface area contributed by atoms with Crippen LogP contribution < -0.4 is 0 Å². The number of hydrogen-bond acceptors (Lipinski definition) is 10. The van der Waals surface area contributed by atoms with Gasteiger partial charge in [-0.25, -0.2) is 0 Å². The molecule has 1 aliphatic rings. The summed E-state index contributed by atoms with van der Waals surface area (Å²) in [5.74, 6) is -0.872. The second-order valence-electron chi connectivity index (χ2n) is 16.2. The average molecular weight is 835 g/mol. The molecule has 0 aromatic carbocycles. The molecule has 1 fully saturated rings. The van der Waals surface area contributed by atoms with Gasteiger partial charge in [-0.05, 0) is 70.6 Å². The Morgan fingerprint density at radius 2 is 0.966 bits per heavy atom. The van der Waals surface area contributed by atoms with Gasteiger partial charge in [0.25, 0.3) is 0 Å². The van der Waals surface area contributed by atoms with E-state index in [4.69, 9.17) is 18.9 Å². The zero-order valence-corrected chi connectivity index (χ0v) is 37.2. The van der Waals surface area contributed by atoms with Crippen molar-refractivity contribution in [2.24, 2.45) is 0 Å². The standard InChI is InChI=1S/C49H86O10/c1-3-5-7-9-11-13-15-17-19-21-23-25-27-29-31-33-35-37-44(51)56-40-42(41-57-49-48(55)47(54)46(53)43(39-50)59-49)58-45(52)38-36-34-32-30-28-26-24-22-20-18-16-14-12-10-8-6-4-2/h17-20,23,25,29,31,42-43,46-50,53-55H,3-16,21-22,24,26-28,30,32-41H2,1-2H3/b19-17+,20-18+,25-23+,31-29+/t42-,43-,46+,47?,48?,49-/m0/s1. The summed E-state index contributed by atoms with van der Waals surface area (Å²) < 4.78 is 22.1. The minimum atomic E-state index is -1.60. The molecule has 10 heteroatoms. The van der Waals surface area contributed by atoms with Crippen LogP contribution >= 0.6 is 0 Å². The van der Waals surface area contributed by atoms with Crippen molar-refractivity contribution in [2.75, 3.05) is 19.8 Å². The van der Waals surface area contributed by atoms with Crippen LogP contribution in [-0.4, -0.2) is 89.0 Å². The van der Waals surface area contributed by atoms with Crippen molar-refractivity contribution in [3.63, 3.8) is 0 Å². The molecule has 4 N–H and O–H groups in total. The highest BCUT2D eigenvalue weighted by molar-refractivity contribution is 5.70. The molecule has 0 aliphatic carbocycles. The van der Waals surface area contributed by atoms with Gasteiger partial charge >= 0.3 is 11.9 Å². The van der Waals surface area contributed by atoms with Gasteiger partial charge in [0, 0.05) is 12.8 Å². The zero-order valence-electron chi connectivity index (χ0n) is 37.2. The maximum absolute atomic E-state index is 12.8. The normalized spacial score (nSPS) is 20.4. The van der Waals surface area contributed by atoms with Crippen LogP contribution in [0.3, 0.4) is 0 Å². The first kappa shape index (κ1) is 54.7. The quantitative estimate of drug-likeness (QED) is 0.0267. The molecule has 1 rings (SSSR count). The number of rotatable bonds is 39. The number of unbranched alkanes of at least 4 members (excludes halogenated alkanes) is 20. The molecule has 59 heavy (non-hydrogen) atoms. The zero-order chi connectivity index (χ0) is 43.0. The first-order chi connectivity index (χ1) is 28.8. The fourth-order valence-corrected chi connectivity index (χ4v) is 6.90. The Labute approximate surface area is 358 Å². The molecule has 1 saturated heterocycles. The SMILES string of the molecule is CCCCCCCC/C=C/C/C=C/C/C=C/CCCC(=O)OC[C@@H](CO[C@H]1O[C@@H](CO)[C@@H](O)C(O)C1O)OC(=O)CCCCCCCCC/C=C/CCCCCCCC. The molecule has 2 unspecified atom stereocenters. The van der Waals surface area contributed by atoms with Gasteiger partial charge in [0.05, 0.1) is 13.2 Å². The van der Waals surface area contributed by atoms with Crippen molar-refractivity contribution in [3.8, 4) is 0 Å². The molecular weight excluding hydrogens is 749 g/mol. The highest BCUT2D eigenvalue weighted by Crippen LogP contribution is 2.22. The van der Waals surface area contributed by atoms with E-state index in [1.54, 1.807) is 0 Å². The van der Waals surface area contributed by atoms with Gasteiger partial charge in [0.2, 0.25) is 0 Å². The molecule has 10 nitrogen and oxygen atoms in total. The summed E-state index contributed by atoms with van der Waals surface area (Å²) in [7, 11) is 0. The summed E-state index contributed by atoms with van der Waals surface area (Å²) in [5.41, 5.74) is 0. The number of ether oxygens (including phenoxy) is 4. The van der Waals surface area contributed by atoms with Gasteiger partial charge in [0.15, 0.2) is 12.4 Å². The third-order valence-corrected chi connectivity index (χ3v) is 10.7. The predicted molar refractivity (Wildman–Crippen MR) is 238 cm³/mol. The second-order valence-corrected chi connectivity index (χ2v) is 16.2. The highest BCUT2D eigenvalue weighted by atomic mass is 16.7. The predicted octanol–water partition coefficient (Wildman–Crippen LogP) is 10.4. The maximum Gasteiger partial charge on any atom is 0.306 e. The Bertz CT molecular complexity index is 1100. The van der Waals surface area contributed by atoms with Crippen molar-refractivity contribution in [2.45, 2.75) is 230 Å². The van der Waals surface area contributed by atoms with E-state index in [1.807, 2.05) is 0 Å². The van der Waals surface area contributed by atoms with Crippen LogP contribution in [0.25, 0.3) is 0 Å². The smallest absolute Gasteiger partial charge is 0.306 e. The fraction of sp³-hybridized carbons (Fsp3) is 0.796. The lowest BCUT2D eigenvalue weighted by atomic mass is 9.99. The Morgan fingerprint density at radius 3 is 1.49 bits per heavy atom. The lowest BCUT2D eigenvalue weighted by Crippen LogP contribution is -2.59. The van der Waals surface area contributed by atoms with Crippen LogP contribution in [0.5, 0.6) is 0 Å². The first-order valence-electron chi connectivity index (χ1n) is 23.7. The summed E-state index contributed by atoms with van der Waals surface area (Å²) in [6, 6.07) is 0. The van der Waals surface area contributed by atoms with Crippen LogP contribution in [-0.2, 0) is 28.5 Å². The molecule has 0 spiro atoms. The summed E-state index contributed by atoms with van der Waals surface area (Å²) in [4.78, 5) is 25.3. The minimum absolute atomic E-state index is 0.202. The number of aliphatic hydroxyl groups excluding tert-OH is 4. The van der Waals surface area contributed by atoms with E-state index in [0.717, 1.165) is 51.4 Å². The topological polar surface area (TPSA) is 152 Å². The third-order valence-electron chi connectivity index (χ3n) is 10.7. The van der Waals surface area contributed by atoms with Crippen molar-refractivity contribution >= 4 is 11.9 Å². The van der Waals surface area contributed by atoms with Crippen LogP contribution in [0.2, 0.25) is 0 Å². The van der Waals surface area contributed by atoms with Crippen molar-refractivity contribution in [3.05, 3.63) is 48.6 Å². The van der Waals surface area contributed by atoms with Crippen LogP contribution in [0.4, 0.5) is 0 Å². The molecule has 0 amide bonds. The molecule has 0 bridgehead atoms. The van der Waals surface area contributed by atoms with E-state index in [1.165, 1.54) is 103 Å². The van der Waals surface area contributed by atoms with E-state index >= 15 is 0 Å². The Balaban J connectivity index is 2.35. The summed E-state index contributed by atoms with van der Waals surface area (Å²) in [6.07, 6.45) is 39.8. The summed E-state index contributed by atoms with van der Waals surface area (Å²) in [5, 5.41) is 40.1. The molecule has 0 aromatic rings. The van der Waals surface area contributed by atoms with Crippen LogP contribution in [0.1, 0.15) is 194 Å². The Kier molecular flexibility index (Phi) is 36.9. The fourth-order valence-electron chi connectivity index (χ4n) is 6.90. The second kappa shape index (κ2) is 39.8. The maximum atomic E-state index is 12.8. The van der Waals surface area contributed by atoms with E-state index in [9.17, 15) is 30.0 Å². The van der Waals surface area contributed by atoms with E-state index in [-0.39, 0.29) is 26.1 Å². The average Bonchev–Trinajstić information content (AvgIpc) is 3.23. The van der Waals surface area contributed by atoms with E-state index < -0.39 is 55.4 Å². The van der Waals surface area contributed by atoms with Crippen LogP contribution in [0.15, 0.2) is 48.6 Å². The van der Waals surface area contributed by atoms with Gasteiger partial charge in [-0.3, -0.25) is 9.59 Å². The lowest BCUT2D eigenvalue weighted by Gasteiger charge is -2.39. The minimum Gasteiger partial charge on any atom is -0.462 e. The summed E-state index contributed by atoms with van der Waals surface area (Å²) in [6.45, 7) is 3.36. The van der Waals surface area contributed by atoms with Crippen molar-refractivity contribution in [1.82, 2.24) is 0 Å². The third kappa shape index (κ3) is 31.2. The number of hydrogen-bond donors (Lipinski definition) is 4. The van der Waals surface area contributed by atoms with Gasteiger partial charge in [-0.1, -0.05) is 159 Å². The molecular formula is C49H86O10. The molecule has 0 radical (unpaired) electrons. The number of esters is 2. The largest absolute Gasteiger partial charge is 0.462 e. The van der Waals surface area contributed by atoms with Gasteiger partial charge in [-0.15, -0.1) is 0 Å².